The zero-order valence-corrected chi connectivity index (χ0v) is 16.2. The van der Waals surface area contributed by atoms with Gasteiger partial charge >= 0.3 is 0 Å². The molecule has 0 atom stereocenters. The Bertz CT molecular complexity index is 441. The van der Waals surface area contributed by atoms with Gasteiger partial charge in [-0.15, -0.1) is 0 Å². The first kappa shape index (κ1) is 18.7. The van der Waals surface area contributed by atoms with Gasteiger partial charge in [0.2, 0.25) is 0 Å². The number of carbonyl (C=O) groups is 1. The molecule has 0 bridgehead atoms. The van der Waals surface area contributed by atoms with E-state index in [0.717, 1.165) is 53.7 Å². The third-order valence-corrected chi connectivity index (χ3v) is 4.49. The van der Waals surface area contributed by atoms with Crippen molar-refractivity contribution in [2.75, 3.05) is 32.7 Å². The van der Waals surface area contributed by atoms with Crippen LogP contribution in [0.3, 0.4) is 0 Å². The van der Waals surface area contributed by atoms with Crippen LogP contribution in [0.5, 0.6) is 0 Å². The van der Waals surface area contributed by atoms with E-state index in [1.54, 1.807) is 0 Å². The monoisotopic (exact) mass is 418 g/mol. The zero-order valence-electron chi connectivity index (χ0n) is 13.0. The van der Waals surface area contributed by atoms with Crippen LogP contribution in [-0.2, 0) is 0 Å². The molecule has 0 aliphatic rings. The van der Waals surface area contributed by atoms with Crippen molar-refractivity contribution in [1.29, 1.82) is 0 Å². The first-order chi connectivity index (χ1) is 10.0. The molecule has 0 N–H and O–H groups in total. The molecule has 3 nitrogen and oxygen atoms in total. The predicted octanol–water partition coefficient (Wildman–Crippen LogP) is 4.41. The summed E-state index contributed by atoms with van der Waals surface area (Å²) in [6.45, 7) is 11.1. The summed E-state index contributed by atoms with van der Waals surface area (Å²) in [5, 5.41) is 0. The Labute approximate surface area is 144 Å². The Hall–Kier alpha value is -0.390. The average molecular weight is 420 g/mol. The van der Waals surface area contributed by atoms with E-state index in [1.165, 1.54) is 0 Å². The van der Waals surface area contributed by atoms with E-state index in [9.17, 15) is 4.79 Å². The largest absolute Gasteiger partial charge is 0.339 e. The summed E-state index contributed by atoms with van der Waals surface area (Å²) in [4.78, 5) is 16.9. The fourth-order valence-corrected chi connectivity index (χ4v) is 3.58. The Kier molecular flexibility index (Phi) is 8.52. The lowest BCUT2D eigenvalue weighted by atomic mass is 10.2. The van der Waals surface area contributed by atoms with E-state index in [2.05, 4.69) is 50.6 Å². The average Bonchev–Trinajstić information content (AvgIpc) is 2.46. The zero-order chi connectivity index (χ0) is 15.8. The van der Waals surface area contributed by atoms with Crippen molar-refractivity contribution in [3.63, 3.8) is 0 Å². The van der Waals surface area contributed by atoms with Crippen LogP contribution >= 0.6 is 31.9 Å². The molecule has 0 aliphatic heterocycles. The standard InChI is InChI=1S/C16H24Br2N2O/c1-4-19(5-2)8-7-9-20(6-3)16(21)13-10-14(17)12-15(18)11-13/h10-12H,4-9H2,1-3H3. The summed E-state index contributed by atoms with van der Waals surface area (Å²) in [5.74, 6) is 0.0963. The molecular weight excluding hydrogens is 396 g/mol. The maximum absolute atomic E-state index is 12.6. The summed E-state index contributed by atoms with van der Waals surface area (Å²) in [6.07, 6.45) is 1.01. The van der Waals surface area contributed by atoms with E-state index < -0.39 is 0 Å². The lowest BCUT2D eigenvalue weighted by molar-refractivity contribution is 0.0757. The van der Waals surface area contributed by atoms with Gasteiger partial charge in [-0.1, -0.05) is 45.7 Å². The number of carbonyl (C=O) groups excluding carboxylic acids is 1. The molecule has 1 aromatic rings. The summed E-state index contributed by atoms with van der Waals surface area (Å²) in [6, 6.07) is 5.69. The van der Waals surface area contributed by atoms with Gasteiger partial charge in [0.25, 0.3) is 5.91 Å². The predicted molar refractivity (Wildman–Crippen MR) is 95.8 cm³/mol. The Balaban J connectivity index is 2.64. The van der Waals surface area contributed by atoms with Crippen molar-refractivity contribution in [2.45, 2.75) is 27.2 Å². The van der Waals surface area contributed by atoms with E-state index >= 15 is 0 Å². The first-order valence-electron chi connectivity index (χ1n) is 7.49. The molecule has 0 radical (unpaired) electrons. The molecule has 0 unspecified atom stereocenters. The highest BCUT2D eigenvalue weighted by Crippen LogP contribution is 2.21. The Morgan fingerprint density at radius 2 is 1.52 bits per heavy atom. The highest BCUT2D eigenvalue weighted by atomic mass is 79.9. The van der Waals surface area contributed by atoms with Gasteiger partial charge in [-0.05, 0) is 51.2 Å². The molecule has 0 heterocycles. The van der Waals surface area contributed by atoms with Gasteiger partial charge in [-0.3, -0.25) is 4.79 Å². The highest BCUT2D eigenvalue weighted by molar-refractivity contribution is 9.11. The van der Waals surface area contributed by atoms with Gasteiger partial charge in [0.1, 0.15) is 0 Å². The fourth-order valence-electron chi connectivity index (χ4n) is 2.29. The molecule has 118 valence electrons. The molecule has 5 heteroatoms. The van der Waals surface area contributed by atoms with Crippen molar-refractivity contribution >= 4 is 37.8 Å². The molecule has 1 rings (SSSR count). The van der Waals surface area contributed by atoms with Crippen LogP contribution in [0, 0.1) is 0 Å². The Morgan fingerprint density at radius 3 is 2.00 bits per heavy atom. The van der Waals surface area contributed by atoms with Gasteiger partial charge in [0.05, 0.1) is 0 Å². The third kappa shape index (κ3) is 6.09. The number of nitrogens with zero attached hydrogens (tertiary/aromatic N) is 2. The summed E-state index contributed by atoms with van der Waals surface area (Å²) < 4.78 is 1.83. The topological polar surface area (TPSA) is 23.6 Å². The van der Waals surface area contributed by atoms with Crippen molar-refractivity contribution in [3.05, 3.63) is 32.7 Å². The molecule has 1 amide bonds. The van der Waals surface area contributed by atoms with E-state index in [1.807, 2.05) is 30.0 Å². The highest BCUT2D eigenvalue weighted by Gasteiger charge is 2.15. The summed E-state index contributed by atoms with van der Waals surface area (Å²) in [7, 11) is 0. The second-order valence-corrected chi connectivity index (χ2v) is 6.75. The van der Waals surface area contributed by atoms with E-state index in [-0.39, 0.29) is 5.91 Å². The van der Waals surface area contributed by atoms with Crippen molar-refractivity contribution in [3.8, 4) is 0 Å². The molecule has 0 saturated heterocycles. The molecule has 0 fully saturated rings. The van der Waals surface area contributed by atoms with E-state index in [4.69, 9.17) is 0 Å². The van der Waals surface area contributed by atoms with Crippen molar-refractivity contribution < 1.29 is 4.79 Å². The quantitative estimate of drug-likeness (QED) is 0.623. The number of halogens is 2. The lowest BCUT2D eigenvalue weighted by Gasteiger charge is -2.24. The van der Waals surface area contributed by atoms with Crippen LogP contribution in [-0.4, -0.2) is 48.4 Å². The van der Waals surface area contributed by atoms with Gasteiger partial charge < -0.3 is 9.80 Å². The Morgan fingerprint density at radius 1 is 0.952 bits per heavy atom. The molecular formula is C16H24Br2N2O. The second kappa shape index (κ2) is 9.59. The molecule has 0 spiro atoms. The molecule has 0 aliphatic carbocycles. The van der Waals surface area contributed by atoms with Crippen LogP contribution in [0.2, 0.25) is 0 Å². The van der Waals surface area contributed by atoms with Gasteiger partial charge in [-0.25, -0.2) is 0 Å². The summed E-state index contributed by atoms with van der Waals surface area (Å²) in [5.41, 5.74) is 0.723. The van der Waals surface area contributed by atoms with Crippen LogP contribution < -0.4 is 0 Å². The maximum Gasteiger partial charge on any atom is 0.253 e. The number of hydrogen-bond donors (Lipinski definition) is 0. The van der Waals surface area contributed by atoms with Gasteiger partial charge in [0.15, 0.2) is 0 Å². The van der Waals surface area contributed by atoms with Crippen LogP contribution in [0.25, 0.3) is 0 Å². The normalized spacial score (nSPS) is 11.0. The molecule has 1 aromatic carbocycles. The first-order valence-corrected chi connectivity index (χ1v) is 9.08. The minimum atomic E-state index is 0.0963. The molecule has 21 heavy (non-hydrogen) atoms. The van der Waals surface area contributed by atoms with Crippen molar-refractivity contribution in [1.82, 2.24) is 9.80 Å². The van der Waals surface area contributed by atoms with Crippen molar-refractivity contribution in [2.24, 2.45) is 0 Å². The smallest absolute Gasteiger partial charge is 0.253 e. The van der Waals surface area contributed by atoms with Gasteiger partial charge in [-0.2, -0.15) is 0 Å². The molecule has 0 aromatic heterocycles. The molecule has 0 saturated carbocycles. The SMILES string of the molecule is CCN(CC)CCCN(CC)C(=O)c1cc(Br)cc(Br)c1. The van der Waals surface area contributed by atoms with Crippen LogP contribution in [0.4, 0.5) is 0 Å². The fraction of sp³-hybridized carbons (Fsp3) is 0.562. The van der Waals surface area contributed by atoms with E-state index in [0.29, 0.717) is 0 Å². The number of hydrogen-bond acceptors (Lipinski definition) is 2. The summed E-state index contributed by atoms with van der Waals surface area (Å²) >= 11 is 6.87. The number of benzene rings is 1. The van der Waals surface area contributed by atoms with Crippen LogP contribution in [0.15, 0.2) is 27.1 Å². The lowest BCUT2D eigenvalue weighted by Crippen LogP contribution is -2.34. The minimum absolute atomic E-state index is 0.0963. The number of rotatable bonds is 8. The third-order valence-electron chi connectivity index (χ3n) is 3.58. The van der Waals surface area contributed by atoms with Crippen LogP contribution in [0.1, 0.15) is 37.6 Å². The maximum atomic E-state index is 12.6. The van der Waals surface area contributed by atoms with Gasteiger partial charge in [0, 0.05) is 27.6 Å². The number of amides is 1. The second-order valence-electron chi connectivity index (χ2n) is 4.92. The minimum Gasteiger partial charge on any atom is -0.339 e.